The summed E-state index contributed by atoms with van der Waals surface area (Å²) in [5, 5.41) is 9.05. The van der Waals surface area contributed by atoms with E-state index in [1.54, 1.807) is 0 Å². The summed E-state index contributed by atoms with van der Waals surface area (Å²) in [6.45, 7) is 4.01. The Balaban J connectivity index is 2.54. The monoisotopic (exact) mass is 252 g/mol. The summed E-state index contributed by atoms with van der Waals surface area (Å²) >= 11 is 0. The van der Waals surface area contributed by atoms with Crippen LogP contribution in [0, 0.1) is 13.8 Å². The van der Waals surface area contributed by atoms with Gasteiger partial charge in [0.2, 0.25) is 0 Å². The quantitative estimate of drug-likeness (QED) is 0.843. The van der Waals surface area contributed by atoms with Crippen LogP contribution in [0.3, 0.4) is 0 Å². The Hall–Kier alpha value is -2.35. The van der Waals surface area contributed by atoms with Crippen LogP contribution >= 0.6 is 0 Å². The molecule has 1 N–H and O–H groups in total. The molecule has 2 aromatic rings. The number of benzene rings is 2. The maximum absolute atomic E-state index is 11.0. The maximum Gasteiger partial charge on any atom is 0.328 e. The second kappa shape index (κ2) is 5.53. The van der Waals surface area contributed by atoms with E-state index in [0.717, 1.165) is 27.8 Å². The Morgan fingerprint density at radius 3 is 2.21 bits per heavy atom. The Bertz CT molecular complexity index is 622. The first-order chi connectivity index (χ1) is 9.06. The molecule has 0 saturated carbocycles. The Morgan fingerprint density at radius 1 is 0.947 bits per heavy atom. The van der Waals surface area contributed by atoms with E-state index in [2.05, 4.69) is 0 Å². The molecule has 0 fully saturated rings. The summed E-state index contributed by atoms with van der Waals surface area (Å²) in [6.07, 6.45) is 1.26. The number of carbonyl (C=O) groups is 1. The van der Waals surface area contributed by atoms with Crippen molar-refractivity contribution in [3.8, 4) is 0 Å². The molecule has 0 aliphatic carbocycles. The van der Waals surface area contributed by atoms with E-state index < -0.39 is 5.97 Å². The first-order valence-corrected chi connectivity index (χ1v) is 6.15. The van der Waals surface area contributed by atoms with Gasteiger partial charge in [-0.2, -0.15) is 0 Å². The van der Waals surface area contributed by atoms with Crippen molar-refractivity contribution in [3.63, 3.8) is 0 Å². The number of aryl methyl sites for hydroxylation is 2. The highest BCUT2D eigenvalue weighted by molar-refractivity contribution is 5.95. The van der Waals surface area contributed by atoms with Crippen molar-refractivity contribution in [1.29, 1.82) is 0 Å². The topological polar surface area (TPSA) is 37.3 Å². The average Bonchev–Trinajstić information content (AvgIpc) is 2.37. The maximum atomic E-state index is 11.0. The van der Waals surface area contributed by atoms with Gasteiger partial charge in [-0.05, 0) is 30.5 Å². The second-order valence-corrected chi connectivity index (χ2v) is 4.63. The summed E-state index contributed by atoms with van der Waals surface area (Å²) in [7, 11) is 0. The summed E-state index contributed by atoms with van der Waals surface area (Å²) < 4.78 is 0. The zero-order chi connectivity index (χ0) is 13.8. The zero-order valence-electron chi connectivity index (χ0n) is 11.1. The minimum atomic E-state index is -0.933. The van der Waals surface area contributed by atoms with Crippen LogP contribution in [0.4, 0.5) is 0 Å². The molecule has 2 heteroatoms. The van der Waals surface area contributed by atoms with Crippen LogP contribution < -0.4 is 0 Å². The summed E-state index contributed by atoms with van der Waals surface area (Å²) in [6, 6.07) is 15.7. The van der Waals surface area contributed by atoms with Gasteiger partial charge in [-0.3, -0.25) is 0 Å². The predicted molar refractivity (Wildman–Crippen MR) is 77.1 cm³/mol. The van der Waals surface area contributed by atoms with Gasteiger partial charge in [0, 0.05) is 6.08 Å². The van der Waals surface area contributed by atoms with Gasteiger partial charge in [-0.25, -0.2) is 4.79 Å². The van der Waals surface area contributed by atoms with Gasteiger partial charge >= 0.3 is 5.97 Å². The Labute approximate surface area is 113 Å². The lowest BCUT2D eigenvalue weighted by molar-refractivity contribution is -0.131. The van der Waals surface area contributed by atoms with Crippen molar-refractivity contribution in [2.24, 2.45) is 0 Å². The van der Waals surface area contributed by atoms with Crippen LogP contribution in [-0.4, -0.2) is 11.1 Å². The highest BCUT2D eigenvalue weighted by Crippen LogP contribution is 2.24. The molecule has 0 aromatic heterocycles. The highest BCUT2D eigenvalue weighted by atomic mass is 16.4. The number of aliphatic carboxylic acids is 1. The molecule has 0 spiro atoms. The lowest BCUT2D eigenvalue weighted by Crippen LogP contribution is -1.95. The van der Waals surface area contributed by atoms with Crippen molar-refractivity contribution < 1.29 is 9.90 Å². The van der Waals surface area contributed by atoms with Gasteiger partial charge in [-0.1, -0.05) is 59.7 Å². The van der Waals surface area contributed by atoms with E-state index in [1.807, 2.05) is 62.4 Å². The van der Waals surface area contributed by atoms with E-state index in [-0.39, 0.29) is 0 Å². The molecule has 96 valence electrons. The van der Waals surface area contributed by atoms with Crippen molar-refractivity contribution in [3.05, 3.63) is 76.9 Å². The minimum Gasteiger partial charge on any atom is -0.478 e. The summed E-state index contributed by atoms with van der Waals surface area (Å²) in [4.78, 5) is 11.0. The number of hydrogen-bond donors (Lipinski definition) is 1. The largest absolute Gasteiger partial charge is 0.478 e. The van der Waals surface area contributed by atoms with Gasteiger partial charge in [0.05, 0.1) is 0 Å². The minimum absolute atomic E-state index is 0.733. The molecule has 0 radical (unpaired) electrons. The molecule has 0 aliphatic rings. The van der Waals surface area contributed by atoms with Crippen LogP contribution in [0.25, 0.3) is 5.57 Å². The van der Waals surface area contributed by atoms with E-state index in [0.29, 0.717) is 0 Å². The fourth-order valence-electron chi connectivity index (χ4n) is 2.00. The van der Waals surface area contributed by atoms with Crippen molar-refractivity contribution in [1.82, 2.24) is 0 Å². The number of hydrogen-bond acceptors (Lipinski definition) is 1. The molecular formula is C17H16O2. The van der Waals surface area contributed by atoms with E-state index >= 15 is 0 Å². The van der Waals surface area contributed by atoms with Gasteiger partial charge in [0.15, 0.2) is 0 Å². The number of carboxylic acids is 1. The van der Waals surface area contributed by atoms with E-state index in [4.69, 9.17) is 5.11 Å². The van der Waals surface area contributed by atoms with Crippen LogP contribution in [0.15, 0.2) is 54.6 Å². The fourth-order valence-corrected chi connectivity index (χ4v) is 2.00. The molecule has 2 rings (SSSR count). The lowest BCUT2D eigenvalue weighted by Gasteiger charge is -2.09. The Morgan fingerprint density at radius 2 is 1.63 bits per heavy atom. The fraction of sp³-hybridized carbons (Fsp3) is 0.118. The number of rotatable bonds is 3. The smallest absolute Gasteiger partial charge is 0.328 e. The third-order valence-corrected chi connectivity index (χ3v) is 2.96. The van der Waals surface area contributed by atoms with Crippen LogP contribution in [0.5, 0.6) is 0 Å². The molecule has 2 nitrogen and oxygen atoms in total. The van der Waals surface area contributed by atoms with Gasteiger partial charge in [0.25, 0.3) is 0 Å². The second-order valence-electron chi connectivity index (χ2n) is 4.63. The zero-order valence-corrected chi connectivity index (χ0v) is 11.1. The lowest BCUT2D eigenvalue weighted by atomic mass is 9.96. The summed E-state index contributed by atoms with van der Waals surface area (Å²) in [5.74, 6) is -0.933. The average molecular weight is 252 g/mol. The number of carboxylic acid groups (broad SMARTS) is 1. The van der Waals surface area contributed by atoms with E-state index in [1.165, 1.54) is 6.08 Å². The van der Waals surface area contributed by atoms with Crippen molar-refractivity contribution >= 4 is 11.5 Å². The molecule has 0 heterocycles. The molecule has 19 heavy (non-hydrogen) atoms. The van der Waals surface area contributed by atoms with Crippen molar-refractivity contribution in [2.45, 2.75) is 13.8 Å². The van der Waals surface area contributed by atoms with Gasteiger partial charge < -0.3 is 5.11 Å². The first-order valence-electron chi connectivity index (χ1n) is 6.15. The molecule has 0 amide bonds. The molecule has 0 unspecified atom stereocenters. The molecule has 2 aromatic carbocycles. The van der Waals surface area contributed by atoms with Gasteiger partial charge in [0.1, 0.15) is 0 Å². The SMILES string of the molecule is Cc1ccc(/C(=C/C(=O)O)c2cccc(C)c2)cc1. The summed E-state index contributed by atoms with van der Waals surface area (Å²) in [5.41, 5.74) is 4.84. The normalized spacial score (nSPS) is 11.4. The molecule has 0 atom stereocenters. The molecule has 0 saturated heterocycles. The molecule has 0 aliphatic heterocycles. The molecular weight excluding hydrogens is 236 g/mol. The van der Waals surface area contributed by atoms with E-state index in [9.17, 15) is 4.79 Å². The highest BCUT2D eigenvalue weighted by Gasteiger charge is 2.07. The van der Waals surface area contributed by atoms with Gasteiger partial charge in [-0.15, -0.1) is 0 Å². The van der Waals surface area contributed by atoms with Crippen LogP contribution in [0.1, 0.15) is 22.3 Å². The standard InChI is InChI=1S/C17H16O2/c1-12-6-8-14(9-7-12)16(11-17(18)19)15-5-3-4-13(2)10-15/h3-11H,1-2H3,(H,18,19)/b16-11-. The van der Waals surface area contributed by atoms with Crippen molar-refractivity contribution in [2.75, 3.05) is 0 Å². The third-order valence-electron chi connectivity index (χ3n) is 2.96. The predicted octanol–water partition coefficient (Wildman–Crippen LogP) is 3.82. The first kappa shape index (κ1) is 13.1. The molecule has 0 bridgehead atoms. The van der Waals surface area contributed by atoms with Crippen LogP contribution in [-0.2, 0) is 4.79 Å². The third kappa shape index (κ3) is 3.32. The van der Waals surface area contributed by atoms with Crippen LogP contribution in [0.2, 0.25) is 0 Å². The Kier molecular flexibility index (Phi) is 3.81.